The van der Waals surface area contributed by atoms with Crippen LogP contribution in [0.25, 0.3) is 10.2 Å². The fourth-order valence-corrected chi connectivity index (χ4v) is 3.79. The van der Waals surface area contributed by atoms with E-state index in [0.29, 0.717) is 21.7 Å². The van der Waals surface area contributed by atoms with Crippen LogP contribution in [0, 0.1) is 13.8 Å². The van der Waals surface area contributed by atoms with E-state index in [1.165, 1.54) is 16.3 Å². The first-order valence-electron chi connectivity index (χ1n) is 8.69. The van der Waals surface area contributed by atoms with Crippen molar-refractivity contribution in [3.05, 3.63) is 57.5 Å². The lowest BCUT2D eigenvalue weighted by Gasteiger charge is -2.23. The molecule has 0 saturated carbocycles. The van der Waals surface area contributed by atoms with E-state index in [4.69, 9.17) is 0 Å². The monoisotopic (exact) mass is 395 g/mol. The fraction of sp³-hybridized carbons (Fsp3) is 0.211. The number of aryl methyl sites for hydroxylation is 2. The lowest BCUT2D eigenvalue weighted by atomic mass is 10.1. The largest absolute Gasteiger partial charge is 0.286 e. The zero-order valence-electron chi connectivity index (χ0n) is 15.3. The standard InChI is InChI=1S/C19H17N5O3S/c1-11-4-3-5-13(10-11)24-16(25)7-6-15(21-24)17(26)22-23-12(2)20-18-14(19(23)27)8-9-28-18/h3-5,8-10H,6-7H2,1-2H3,(H,22,26). The molecule has 0 spiro atoms. The van der Waals surface area contributed by atoms with Crippen LogP contribution in [0.4, 0.5) is 5.69 Å². The molecule has 3 heterocycles. The molecule has 3 aromatic rings. The van der Waals surface area contributed by atoms with E-state index < -0.39 is 5.91 Å². The SMILES string of the molecule is Cc1cccc(N2N=C(C(=O)Nn3c(C)nc4sccc4c3=O)CCC2=O)c1. The molecule has 2 amide bonds. The zero-order chi connectivity index (χ0) is 19.8. The summed E-state index contributed by atoms with van der Waals surface area (Å²) in [5.41, 5.74) is 3.98. The Morgan fingerprint density at radius 3 is 2.79 bits per heavy atom. The summed E-state index contributed by atoms with van der Waals surface area (Å²) in [5, 5.41) is 7.70. The van der Waals surface area contributed by atoms with Crippen molar-refractivity contribution in [1.29, 1.82) is 0 Å². The molecular weight excluding hydrogens is 378 g/mol. The van der Waals surface area contributed by atoms with Gasteiger partial charge in [-0.3, -0.25) is 19.8 Å². The molecule has 0 unspecified atom stereocenters. The number of hydrogen-bond donors (Lipinski definition) is 1. The number of amides is 2. The predicted octanol–water partition coefficient (Wildman–Crippen LogP) is 2.33. The van der Waals surface area contributed by atoms with Gasteiger partial charge in [-0.2, -0.15) is 5.10 Å². The second kappa shape index (κ2) is 7.01. The van der Waals surface area contributed by atoms with Crippen LogP contribution in [0.5, 0.6) is 0 Å². The second-order valence-electron chi connectivity index (χ2n) is 6.47. The molecule has 1 aromatic carbocycles. The maximum absolute atomic E-state index is 12.7. The third-order valence-electron chi connectivity index (χ3n) is 4.42. The van der Waals surface area contributed by atoms with Gasteiger partial charge >= 0.3 is 0 Å². The maximum Gasteiger partial charge on any atom is 0.286 e. The second-order valence-corrected chi connectivity index (χ2v) is 7.37. The molecule has 142 valence electrons. The summed E-state index contributed by atoms with van der Waals surface area (Å²) in [6.45, 7) is 3.56. The highest BCUT2D eigenvalue weighted by molar-refractivity contribution is 7.16. The quantitative estimate of drug-likeness (QED) is 0.736. The highest BCUT2D eigenvalue weighted by Crippen LogP contribution is 2.21. The van der Waals surface area contributed by atoms with Crippen molar-refractivity contribution in [2.45, 2.75) is 26.7 Å². The minimum atomic E-state index is -0.535. The highest BCUT2D eigenvalue weighted by Gasteiger charge is 2.26. The smallest absolute Gasteiger partial charge is 0.273 e. The van der Waals surface area contributed by atoms with E-state index in [9.17, 15) is 14.4 Å². The molecule has 9 heteroatoms. The number of fused-ring (bicyclic) bond motifs is 1. The Morgan fingerprint density at radius 2 is 2.00 bits per heavy atom. The minimum absolute atomic E-state index is 0.163. The van der Waals surface area contributed by atoms with Gasteiger partial charge in [0.1, 0.15) is 16.4 Å². The van der Waals surface area contributed by atoms with Gasteiger partial charge in [0.15, 0.2) is 0 Å². The number of thiophene rings is 1. The Hall–Kier alpha value is -3.33. The number of carbonyl (C=O) groups is 2. The van der Waals surface area contributed by atoms with Gasteiger partial charge in [0.2, 0.25) is 5.91 Å². The number of benzene rings is 1. The van der Waals surface area contributed by atoms with Crippen LogP contribution in [0.15, 0.2) is 45.6 Å². The number of aromatic nitrogens is 2. The topological polar surface area (TPSA) is 96.7 Å². The first kappa shape index (κ1) is 18.1. The molecule has 1 aliphatic heterocycles. The molecule has 0 bridgehead atoms. The van der Waals surface area contributed by atoms with Gasteiger partial charge in [-0.15, -0.1) is 11.3 Å². The molecule has 4 rings (SSSR count). The molecule has 28 heavy (non-hydrogen) atoms. The highest BCUT2D eigenvalue weighted by atomic mass is 32.1. The van der Waals surface area contributed by atoms with Gasteiger partial charge in [-0.1, -0.05) is 12.1 Å². The van der Waals surface area contributed by atoms with Crippen LogP contribution >= 0.6 is 11.3 Å². The van der Waals surface area contributed by atoms with E-state index in [1.54, 1.807) is 24.4 Å². The summed E-state index contributed by atoms with van der Waals surface area (Å²) in [5.74, 6) is -0.347. The van der Waals surface area contributed by atoms with Gasteiger partial charge < -0.3 is 0 Å². The molecule has 0 saturated heterocycles. The number of nitrogens with one attached hydrogen (secondary N) is 1. The first-order chi connectivity index (χ1) is 13.4. The third-order valence-corrected chi connectivity index (χ3v) is 5.23. The Labute approximate surface area is 164 Å². The van der Waals surface area contributed by atoms with Crippen molar-refractivity contribution in [3.63, 3.8) is 0 Å². The molecule has 0 radical (unpaired) electrons. The molecule has 1 aliphatic rings. The van der Waals surface area contributed by atoms with Gasteiger partial charge in [0.05, 0.1) is 11.1 Å². The van der Waals surface area contributed by atoms with E-state index >= 15 is 0 Å². The number of anilines is 1. The Morgan fingerprint density at radius 1 is 1.18 bits per heavy atom. The van der Waals surface area contributed by atoms with Crippen molar-refractivity contribution in [3.8, 4) is 0 Å². The third kappa shape index (κ3) is 3.20. The summed E-state index contributed by atoms with van der Waals surface area (Å²) in [4.78, 5) is 42.6. The van der Waals surface area contributed by atoms with Crippen molar-refractivity contribution < 1.29 is 9.59 Å². The molecule has 2 aromatic heterocycles. The van der Waals surface area contributed by atoms with Crippen LogP contribution in [0.3, 0.4) is 0 Å². The van der Waals surface area contributed by atoms with Crippen LogP contribution in [0.1, 0.15) is 24.2 Å². The zero-order valence-corrected chi connectivity index (χ0v) is 16.1. The van der Waals surface area contributed by atoms with Crippen LogP contribution < -0.4 is 16.0 Å². The number of carbonyl (C=O) groups excluding carboxylic acids is 2. The minimum Gasteiger partial charge on any atom is -0.273 e. The van der Waals surface area contributed by atoms with E-state index in [0.717, 1.165) is 10.2 Å². The summed E-state index contributed by atoms with van der Waals surface area (Å²) in [6.07, 6.45) is 0.366. The maximum atomic E-state index is 12.7. The molecule has 0 atom stereocenters. The average Bonchev–Trinajstić information content (AvgIpc) is 3.14. The van der Waals surface area contributed by atoms with Crippen LogP contribution in [-0.4, -0.2) is 27.2 Å². The van der Waals surface area contributed by atoms with Gasteiger partial charge in [-0.05, 0) is 43.0 Å². The Balaban J connectivity index is 1.65. The van der Waals surface area contributed by atoms with Crippen molar-refractivity contribution in [1.82, 2.24) is 9.66 Å². The van der Waals surface area contributed by atoms with E-state index in [-0.39, 0.29) is 30.0 Å². The van der Waals surface area contributed by atoms with Crippen molar-refractivity contribution in [2.75, 3.05) is 10.4 Å². The van der Waals surface area contributed by atoms with Crippen molar-refractivity contribution >= 4 is 44.8 Å². The van der Waals surface area contributed by atoms with E-state index in [2.05, 4.69) is 15.5 Å². The summed E-state index contributed by atoms with van der Waals surface area (Å²) in [6, 6.07) is 9.00. The summed E-state index contributed by atoms with van der Waals surface area (Å²) < 4.78 is 1.12. The van der Waals surface area contributed by atoms with Crippen LogP contribution in [0.2, 0.25) is 0 Å². The number of hydrogen-bond acceptors (Lipinski definition) is 6. The fourth-order valence-electron chi connectivity index (χ4n) is 2.99. The normalized spacial score (nSPS) is 14.3. The molecular formula is C19H17N5O3S. The van der Waals surface area contributed by atoms with E-state index in [1.807, 2.05) is 25.1 Å². The summed E-state index contributed by atoms with van der Waals surface area (Å²) in [7, 11) is 0. The molecule has 8 nitrogen and oxygen atoms in total. The van der Waals surface area contributed by atoms with Crippen molar-refractivity contribution in [2.24, 2.45) is 5.10 Å². The van der Waals surface area contributed by atoms with Gasteiger partial charge in [-0.25, -0.2) is 14.7 Å². The lowest BCUT2D eigenvalue weighted by molar-refractivity contribution is -0.118. The van der Waals surface area contributed by atoms with Gasteiger partial charge in [0.25, 0.3) is 11.5 Å². The lowest BCUT2D eigenvalue weighted by Crippen LogP contribution is -2.42. The average molecular weight is 395 g/mol. The summed E-state index contributed by atoms with van der Waals surface area (Å²) >= 11 is 1.37. The molecule has 0 aliphatic carbocycles. The predicted molar refractivity (Wildman–Crippen MR) is 108 cm³/mol. The number of rotatable bonds is 3. The number of hydrazone groups is 1. The Bertz CT molecular complexity index is 1190. The molecule has 1 N–H and O–H groups in total. The van der Waals surface area contributed by atoms with Gasteiger partial charge in [0, 0.05) is 12.8 Å². The first-order valence-corrected chi connectivity index (χ1v) is 9.57. The molecule has 0 fully saturated rings. The Kier molecular flexibility index (Phi) is 4.52. The number of nitrogens with zero attached hydrogens (tertiary/aromatic N) is 4. The van der Waals surface area contributed by atoms with Crippen LogP contribution in [-0.2, 0) is 9.59 Å².